The van der Waals surface area contributed by atoms with Crippen molar-refractivity contribution in [2.75, 3.05) is 52.7 Å². The quantitative estimate of drug-likeness (QED) is 0.578. The minimum Gasteiger partial charge on any atom is -0.379 e. The smallest absolute Gasteiger partial charge is 0.191 e. The molecule has 1 saturated heterocycles. The SMILES string of the molecule is CN=C(NCC(C)SC)NCC(c1cccs1)N1CCOCC1. The second-order valence-corrected chi connectivity index (χ2v) is 7.82. The molecule has 1 aliphatic rings. The highest BCUT2D eigenvalue weighted by Gasteiger charge is 2.23. The van der Waals surface area contributed by atoms with Crippen molar-refractivity contribution in [3.63, 3.8) is 0 Å². The lowest BCUT2D eigenvalue weighted by Gasteiger charge is -2.34. The molecule has 0 spiro atoms. The largest absolute Gasteiger partial charge is 0.379 e. The van der Waals surface area contributed by atoms with Crippen molar-refractivity contribution in [3.8, 4) is 0 Å². The van der Waals surface area contributed by atoms with Gasteiger partial charge in [0.05, 0.1) is 19.3 Å². The summed E-state index contributed by atoms with van der Waals surface area (Å²) in [7, 11) is 1.83. The molecule has 5 nitrogen and oxygen atoms in total. The fraction of sp³-hybridized carbons (Fsp3) is 0.688. The third kappa shape index (κ3) is 5.99. The molecule has 0 saturated carbocycles. The second-order valence-electron chi connectivity index (χ2n) is 5.56. The molecule has 7 heteroatoms. The second kappa shape index (κ2) is 10.2. The number of hydrogen-bond acceptors (Lipinski definition) is 5. The predicted molar refractivity (Wildman–Crippen MR) is 102 cm³/mol. The van der Waals surface area contributed by atoms with E-state index in [1.807, 2.05) is 30.1 Å². The lowest BCUT2D eigenvalue weighted by Crippen LogP contribution is -2.46. The Balaban J connectivity index is 1.92. The molecule has 2 heterocycles. The molecule has 2 N–H and O–H groups in total. The van der Waals surface area contributed by atoms with Crippen LogP contribution in [0, 0.1) is 0 Å². The average Bonchev–Trinajstić information content (AvgIpc) is 3.12. The summed E-state index contributed by atoms with van der Waals surface area (Å²) in [5.41, 5.74) is 0. The van der Waals surface area contributed by atoms with Gasteiger partial charge in [-0.05, 0) is 17.7 Å². The molecular weight excluding hydrogens is 328 g/mol. The number of morpholine rings is 1. The zero-order valence-corrected chi connectivity index (χ0v) is 15.9. The molecule has 0 aliphatic carbocycles. The maximum absolute atomic E-state index is 5.49. The van der Waals surface area contributed by atoms with E-state index < -0.39 is 0 Å². The number of ether oxygens (including phenoxy) is 1. The molecule has 2 unspecified atom stereocenters. The Morgan fingerprint density at radius 3 is 2.74 bits per heavy atom. The van der Waals surface area contributed by atoms with Gasteiger partial charge in [0.1, 0.15) is 0 Å². The first-order valence-electron chi connectivity index (χ1n) is 8.07. The molecule has 1 aromatic rings. The summed E-state index contributed by atoms with van der Waals surface area (Å²) in [5, 5.41) is 9.61. The van der Waals surface area contributed by atoms with Crippen molar-refractivity contribution in [2.45, 2.75) is 18.2 Å². The topological polar surface area (TPSA) is 48.9 Å². The van der Waals surface area contributed by atoms with Crippen molar-refractivity contribution in [3.05, 3.63) is 22.4 Å². The van der Waals surface area contributed by atoms with Gasteiger partial charge in [-0.1, -0.05) is 13.0 Å². The summed E-state index contributed by atoms with van der Waals surface area (Å²) < 4.78 is 5.49. The molecule has 23 heavy (non-hydrogen) atoms. The fourth-order valence-corrected chi connectivity index (χ4v) is 3.63. The van der Waals surface area contributed by atoms with Crippen LogP contribution in [-0.4, -0.2) is 68.8 Å². The standard InChI is InChI=1S/C16H28N4OS2/c1-13(22-3)11-18-16(17-2)19-12-14(15-5-4-10-23-15)20-6-8-21-9-7-20/h4-5,10,13-14H,6-9,11-12H2,1-3H3,(H2,17,18,19). The number of nitrogens with one attached hydrogen (secondary N) is 2. The molecule has 2 atom stereocenters. The summed E-state index contributed by atoms with van der Waals surface area (Å²) >= 11 is 3.68. The van der Waals surface area contributed by atoms with Crippen LogP contribution in [0.25, 0.3) is 0 Å². The molecule has 1 fully saturated rings. The van der Waals surface area contributed by atoms with Gasteiger partial charge in [-0.2, -0.15) is 11.8 Å². The van der Waals surface area contributed by atoms with Gasteiger partial charge in [-0.15, -0.1) is 11.3 Å². The Morgan fingerprint density at radius 2 is 2.13 bits per heavy atom. The molecule has 0 amide bonds. The number of thioether (sulfide) groups is 1. The van der Waals surface area contributed by atoms with Crippen LogP contribution < -0.4 is 10.6 Å². The van der Waals surface area contributed by atoms with Gasteiger partial charge in [0.2, 0.25) is 0 Å². The van der Waals surface area contributed by atoms with Crippen molar-refractivity contribution in [2.24, 2.45) is 4.99 Å². The van der Waals surface area contributed by atoms with Crippen LogP contribution in [0.3, 0.4) is 0 Å². The lowest BCUT2D eigenvalue weighted by molar-refractivity contribution is 0.0177. The Hall–Kier alpha value is -0.760. The van der Waals surface area contributed by atoms with Gasteiger partial charge in [-0.3, -0.25) is 9.89 Å². The molecule has 1 aliphatic heterocycles. The molecule has 130 valence electrons. The van der Waals surface area contributed by atoms with Gasteiger partial charge in [0.25, 0.3) is 0 Å². The highest BCUT2D eigenvalue weighted by atomic mass is 32.2. The fourth-order valence-electron chi connectivity index (χ4n) is 2.52. The van der Waals surface area contributed by atoms with Gasteiger partial charge >= 0.3 is 0 Å². The summed E-state index contributed by atoms with van der Waals surface area (Å²) in [6.45, 7) is 7.60. The third-order valence-corrected chi connectivity index (χ3v) is 5.95. The summed E-state index contributed by atoms with van der Waals surface area (Å²) in [6.07, 6.45) is 2.13. The van der Waals surface area contributed by atoms with E-state index >= 15 is 0 Å². The van der Waals surface area contributed by atoms with E-state index in [0.29, 0.717) is 11.3 Å². The first-order valence-corrected chi connectivity index (χ1v) is 10.2. The predicted octanol–water partition coefficient (Wildman–Crippen LogP) is 2.04. The molecule has 1 aromatic heterocycles. The molecular formula is C16H28N4OS2. The number of guanidine groups is 1. The van der Waals surface area contributed by atoms with Gasteiger partial charge in [-0.25, -0.2) is 0 Å². The summed E-state index contributed by atoms with van der Waals surface area (Å²) in [4.78, 5) is 8.23. The van der Waals surface area contributed by atoms with E-state index in [0.717, 1.165) is 45.4 Å². The van der Waals surface area contributed by atoms with Crippen molar-refractivity contribution < 1.29 is 4.74 Å². The zero-order valence-electron chi connectivity index (χ0n) is 14.2. The van der Waals surface area contributed by atoms with Crippen LogP contribution in [-0.2, 0) is 4.74 Å². The van der Waals surface area contributed by atoms with Crippen LogP contribution in [0.5, 0.6) is 0 Å². The molecule has 0 radical (unpaired) electrons. The number of hydrogen-bond donors (Lipinski definition) is 2. The minimum absolute atomic E-state index is 0.371. The average molecular weight is 357 g/mol. The van der Waals surface area contributed by atoms with Crippen LogP contribution >= 0.6 is 23.1 Å². The first-order chi connectivity index (χ1) is 11.2. The van der Waals surface area contributed by atoms with Crippen LogP contribution in [0.1, 0.15) is 17.8 Å². The normalized spacial score (nSPS) is 19.3. The van der Waals surface area contributed by atoms with Gasteiger partial charge < -0.3 is 15.4 Å². The maximum Gasteiger partial charge on any atom is 0.191 e. The number of nitrogens with zero attached hydrogens (tertiary/aromatic N) is 2. The van der Waals surface area contributed by atoms with Gasteiger partial charge in [0.15, 0.2) is 5.96 Å². The number of aliphatic imine (C=N–C) groups is 1. The molecule has 0 bridgehead atoms. The Bertz CT molecular complexity index is 461. The number of rotatable bonds is 7. The first kappa shape index (κ1) is 18.6. The van der Waals surface area contributed by atoms with Gasteiger partial charge in [0, 0.05) is 43.4 Å². The van der Waals surface area contributed by atoms with Crippen molar-refractivity contribution in [1.82, 2.24) is 15.5 Å². The Kier molecular flexibility index (Phi) is 8.22. The molecule has 0 aromatic carbocycles. The van der Waals surface area contributed by atoms with E-state index in [9.17, 15) is 0 Å². The van der Waals surface area contributed by atoms with Crippen molar-refractivity contribution in [1.29, 1.82) is 0 Å². The maximum atomic E-state index is 5.49. The summed E-state index contributed by atoms with van der Waals surface area (Å²) in [5.74, 6) is 0.876. The van der Waals surface area contributed by atoms with E-state index in [4.69, 9.17) is 4.74 Å². The van der Waals surface area contributed by atoms with E-state index in [1.54, 1.807) is 0 Å². The zero-order chi connectivity index (χ0) is 16.5. The Labute approximate surface area is 147 Å². The lowest BCUT2D eigenvalue weighted by atomic mass is 10.2. The third-order valence-electron chi connectivity index (χ3n) is 4.00. The summed E-state index contributed by atoms with van der Waals surface area (Å²) in [6, 6.07) is 4.72. The van der Waals surface area contributed by atoms with Crippen LogP contribution in [0.15, 0.2) is 22.5 Å². The number of thiophene rings is 1. The highest BCUT2D eigenvalue weighted by molar-refractivity contribution is 7.99. The van der Waals surface area contributed by atoms with Crippen LogP contribution in [0.4, 0.5) is 0 Å². The highest BCUT2D eigenvalue weighted by Crippen LogP contribution is 2.25. The van der Waals surface area contributed by atoms with E-state index in [2.05, 4.69) is 51.2 Å². The Morgan fingerprint density at radius 1 is 1.39 bits per heavy atom. The van der Waals surface area contributed by atoms with Crippen LogP contribution in [0.2, 0.25) is 0 Å². The van der Waals surface area contributed by atoms with Crippen molar-refractivity contribution >= 4 is 29.1 Å². The van der Waals surface area contributed by atoms with E-state index in [1.165, 1.54) is 4.88 Å². The van der Waals surface area contributed by atoms with E-state index in [-0.39, 0.29) is 0 Å². The minimum atomic E-state index is 0.371. The molecule has 2 rings (SSSR count). The monoisotopic (exact) mass is 356 g/mol.